The summed E-state index contributed by atoms with van der Waals surface area (Å²) in [4.78, 5) is 52.5. The lowest BCUT2D eigenvalue weighted by molar-refractivity contribution is -0.133. The molecule has 36 heavy (non-hydrogen) atoms. The first-order valence-corrected chi connectivity index (χ1v) is 12.0. The topological polar surface area (TPSA) is 143 Å². The van der Waals surface area contributed by atoms with Crippen LogP contribution < -0.4 is 26.4 Å². The highest BCUT2D eigenvalue weighted by Gasteiger charge is 2.35. The molecule has 0 bridgehead atoms. The van der Waals surface area contributed by atoms with E-state index in [2.05, 4.69) is 16.0 Å². The van der Waals surface area contributed by atoms with Gasteiger partial charge in [-0.25, -0.2) is 4.79 Å². The number of carbonyl (C=O) groups is 4. The molecule has 1 aliphatic rings. The SMILES string of the molecule is CCC[C@@H](NC(=O)N1CC(=O)NCC(Cc2cc(Cl)ccc2OC)C1=O)C(=O)Nc1ccc(N)cc1. The molecule has 2 aromatic carbocycles. The van der Waals surface area contributed by atoms with E-state index in [4.69, 9.17) is 22.1 Å². The van der Waals surface area contributed by atoms with Gasteiger partial charge in [0.05, 0.1) is 13.0 Å². The number of ether oxygens (including phenoxy) is 1. The zero-order chi connectivity index (χ0) is 26.2. The fourth-order valence-electron chi connectivity index (χ4n) is 3.91. The summed E-state index contributed by atoms with van der Waals surface area (Å²) < 4.78 is 5.36. The van der Waals surface area contributed by atoms with Gasteiger partial charge in [-0.05, 0) is 60.9 Å². The van der Waals surface area contributed by atoms with E-state index in [1.54, 1.807) is 42.5 Å². The molecule has 2 atom stereocenters. The summed E-state index contributed by atoms with van der Waals surface area (Å²) in [7, 11) is 1.51. The van der Waals surface area contributed by atoms with Crippen molar-refractivity contribution in [3.63, 3.8) is 0 Å². The molecule has 192 valence electrons. The van der Waals surface area contributed by atoms with E-state index in [1.807, 2.05) is 6.92 Å². The number of imide groups is 1. The van der Waals surface area contributed by atoms with Gasteiger partial charge in [0.2, 0.25) is 17.7 Å². The number of nitrogens with zero attached hydrogens (tertiary/aromatic N) is 1. The van der Waals surface area contributed by atoms with Gasteiger partial charge in [-0.1, -0.05) is 24.9 Å². The number of carbonyl (C=O) groups excluding carboxylic acids is 4. The third-order valence-corrected chi connectivity index (χ3v) is 6.02. The van der Waals surface area contributed by atoms with E-state index in [-0.39, 0.29) is 13.0 Å². The van der Waals surface area contributed by atoms with Crippen LogP contribution in [0.2, 0.25) is 5.02 Å². The monoisotopic (exact) mass is 515 g/mol. The average Bonchev–Trinajstić information content (AvgIpc) is 2.99. The lowest BCUT2D eigenvalue weighted by atomic mass is 9.97. The summed E-state index contributed by atoms with van der Waals surface area (Å²) in [6.45, 7) is 1.47. The van der Waals surface area contributed by atoms with Gasteiger partial charge in [-0.3, -0.25) is 19.3 Å². The third-order valence-electron chi connectivity index (χ3n) is 5.79. The quantitative estimate of drug-likeness (QED) is 0.398. The van der Waals surface area contributed by atoms with E-state index in [0.29, 0.717) is 40.6 Å². The number of hydrogen-bond donors (Lipinski definition) is 4. The molecule has 11 heteroatoms. The minimum Gasteiger partial charge on any atom is -0.496 e. The summed E-state index contributed by atoms with van der Waals surface area (Å²) in [5.41, 5.74) is 7.42. The Morgan fingerprint density at radius 1 is 1.22 bits per heavy atom. The standard InChI is InChI=1S/C25H30ClN5O5/c1-3-4-20(23(33)29-19-8-6-18(27)7-9-19)30-25(35)31-14-22(32)28-13-16(24(31)34)11-15-12-17(26)5-10-21(15)36-2/h5-10,12,16,20H,3-4,11,13-14,27H2,1-2H3,(H,28,32)(H,29,33)(H,30,35)/t16?,20-/m1/s1. The highest BCUT2D eigenvalue weighted by molar-refractivity contribution is 6.30. The van der Waals surface area contributed by atoms with Gasteiger partial charge in [-0.2, -0.15) is 0 Å². The van der Waals surface area contributed by atoms with Gasteiger partial charge < -0.3 is 26.4 Å². The van der Waals surface area contributed by atoms with Gasteiger partial charge in [0.25, 0.3) is 0 Å². The van der Waals surface area contributed by atoms with Gasteiger partial charge in [0.1, 0.15) is 18.3 Å². The highest BCUT2D eigenvalue weighted by atomic mass is 35.5. The van der Waals surface area contributed by atoms with Crippen LogP contribution in [0.1, 0.15) is 25.3 Å². The summed E-state index contributed by atoms with van der Waals surface area (Å²) in [5, 5.41) is 8.50. The first-order valence-electron chi connectivity index (χ1n) is 11.6. The molecule has 0 saturated carbocycles. The van der Waals surface area contributed by atoms with Crippen molar-refractivity contribution in [1.82, 2.24) is 15.5 Å². The number of amides is 5. The number of benzene rings is 2. The molecule has 3 rings (SSSR count). The summed E-state index contributed by atoms with van der Waals surface area (Å²) in [5.74, 6) is -1.65. The van der Waals surface area contributed by atoms with Crippen molar-refractivity contribution in [2.24, 2.45) is 5.92 Å². The molecule has 0 radical (unpaired) electrons. The Morgan fingerprint density at radius 3 is 2.61 bits per heavy atom. The first kappa shape index (κ1) is 26.8. The molecule has 1 unspecified atom stereocenters. The Hall–Kier alpha value is -3.79. The maximum atomic E-state index is 13.3. The van der Waals surface area contributed by atoms with E-state index in [9.17, 15) is 19.2 Å². The summed E-state index contributed by atoms with van der Waals surface area (Å²) >= 11 is 6.12. The van der Waals surface area contributed by atoms with E-state index >= 15 is 0 Å². The lowest BCUT2D eigenvalue weighted by Gasteiger charge is -2.25. The number of methoxy groups -OCH3 is 1. The number of nitrogens with one attached hydrogen (secondary N) is 3. The number of rotatable bonds is 8. The molecular formula is C25H30ClN5O5. The zero-order valence-electron chi connectivity index (χ0n) is 20.2. The van der Waals surface area contributed by atoms with E-state index in [1.165, 1.54) is 7.11 Å². The second-order valence-corrected chi connectivity index (χ2v) is 8.92. The molecule has 2 aromatic rings. The lowest BCUT2D eigenvalue weighted by Crippen LogP contribution is -2.53. The summed E-state index contributed by atoms with van der Waals surface area (Å²) in [6.07, 6.45) is 1.14. The fourth-order valence-corrected chi connectivity index (χ4v) is 4.10. The van der Waals surface area contributed by atoms with Crippen LogP contribution in [0.25, 0.3) is 0 Å². The molecule has 1 fully saturated rings. The van der Waals surface area contributed by atoms with Crippen LogP contribution in [0.4, 0.5) is 16.2 Å². The Bertz CT molecular complexity index is 1120. The first-order chi connectivity index (χ1) is 17.2. The molecule has 5 amide bonds. The fraction of sp³-hybridized carbons (Fsp3) is 0.360. The second kappa shape index (κ2) is 12.3. The van der Waals surface area contributed by atoms with Crippen LogP contribution in [0.5, 0.6) is 5.75 Å². The van der Waals surface area contributed by atoms with E-state index < -0.39 is 42.3 Å². The molecule has 1 heterocycles. The summed E-state index contributed by atoms with van der Waals surface area (Å²) in [6, 6.07) is 9.91. The zero-order valence-corrected chi connectivity index (χ0v) is 20.9. The van der Waals surface area contributed by atoms with Crippen molar-refractivity contribution >= 4 is 46.7 Å². The van der Waals surface area contributed by atoms with Crippen molar-refractivity contribution in [3.8, 4) is 5.75 Å². The van der Waals surface area contributed by atoms with Crippen LogP contribution in [0.3, 0.4) is 0 Å². The normalized spacial score (nSPS) is 16.5. The molecular weight excluding hydrogens is 486 g/mol. The smallest absolute Gasteiger partial charge is 0.325 e. The van der Waals surface area contributed by atoms with Crippen LogP contribution in [0.15, 0.2) is 42.5 Å². The molecule has 0 spiro atoms. The molecule has 10 nitrogen and oxygen atoms in total. The Labute approximate surface area is 214 Å². The van der Waals surface area contributed by atoms with Gasteiger partial charge in [0.15, 0.2) is 0 Å². The largest absolute Gasteiger partial charge is 0.496 e. The Balaban J connectivity index is 1.75. The van der Waals surface area contributed by atoms with Crippen molar-refractivity contribution < 1.29 is 23.9 Å². The molecule has 1 aliphatic heterocycles. The minimum atomic E-state index is -0.911. The predicted octanol–water partition coefficient (Wildman–Crippen LogP) is 2.56. The van der Waals surface area contributed by atoms with Crippen molar-refractivity contribution in [3.05, 3.63) is 53.1 Å². The maximum Gasteiger partial charge on any atom is 0.325 e. The number of halogens is 1. The van der Waals surface area contributed by atoms with Gasteiger partial charge >= 0.3 is 6.03 Å². The maximum absolute atomic E-state index is 13.3. The second-order valence-electron chi connectivity index (χ2n) is 8.49. The number of urea groups is 1. The molecule has 0 aliphatic carbocycles. The van der Waals surface area contributed by atoms with Crippen molar-refractivity contribution in [2.45, 2.75) is 32.2 Å². The van der Waals surface area contributed by atoms with Gasteiger partial charge in [0, 0.05) is 22.9 Å². The van der Waals surface area contributed by atoms with Crippen LogP contribution >= 0.6 is 11.6 Å². The molecule has 0 aromatic heterocycles. The number of hydrogen-bond acceptors (Lipinski definition) is 6. The molecule has 5 N–H and O–H groups in total. The molecule has 1 saturated heterocycles. The third kappa shape index (κ3) is 6.88. The highest BCUT2D eigenvalue weighted by Crippen LogP contribution is 2.26. The van der Waals surface area contributed by atoms with Crippen LogP contribution in [-0.2, 0) is 20.8 Å². The van der Waals surface area contributed by atoms with Gasteiger partial charge in [-0.15, -0.1) is 0 Å². The number of anilines is 2. The van der Waals surface area contributed by atoms with Crippen LogP contribution in [-0.4, -0.2) is 54.9 Å². The Kier molecular flexibility index (Phi) is 9.13. The predicted molar refractivity (Wildman–Crippen MR) is 137 cm³/mol. The minimum absolute atomic E-state index is 0.0487. The average molecular weight is 516 g/mol. The van der Waals surface area contributed by atoms with E-state index in [0.717, 1.165) is 4.90 Å². The number of nitrogens with two attached hydrogens (primary N) is 1. The van der Waals surface area contributed by atoms with Crippen molar-refractivity contribution in [1.29, 1.82) is 0 Å². The number of nitrogen functional groups attached to an aromatic ring is 1. The van der Waals surface area contributed by atoms with Crippen molar-refractivity contribution in [2.75, 3.05) is 31.2 Å². The Morgan fingerprint density at radius 2 is 1.94 bits per heavy atom. The van der Waals surface area contributed by atoms with Crippen LogP contribution in [0, 0.1) is 5.92 Å².